The number of benzene rings is 1. The Morgan fingerprint density at radius 3 is 2.85 bits per heavy atom. The highest BCUT2D eigenvalue weighted by molar-refractivity contribution is 6.04. The fourth-order valence-corrected chi connectivity index (χ4v) is 4.62. The predicted molar refractivity (Wildman–Crippen MR) is 140 cm³/mol. The Bertz CT molecular complexity index is 1550. The van der Waals surface area contributed by atoms with Gasteiger partial charge in [-0.05, 0) is 68.2 Å². The van der Waals surface area contributed by atoms with Crippen LogP contribution in [0, 0.1) is 11.8 Å². The van der Waals surface area contributed by atoms with Crippen molar-refractivity contribution < 1.29 is 18.0 Å². The van der Waals surface area contributed by atoms with Gasteiger partial charge >= 0.3 is 6.18 Å². The number of nitrogens with one attached hydrogen (secondary N) is 2. The molecule has 1 fully saturated rings. The molecule has 1 aliphatic heterocycles. The fourth-order valence-electron chi connectivity index (χ4n) is 4.62. The molecule has 4 heterocycles. The zero-order valence-electron chi connectivity index (χ0n) is 21.2. The standard InChI is InChI=1S/C28H26F3N7O/c1-32-23-4-3-11-37(18-23)17-20-7-8-22(13-25(20)28(29,30)31)36-27(39)21-12-19(14-33-15-21)6-9-24-16-34-26-5-2-10-35-38(24)26/h2,5,7-8,10,12-16,23,32H,3-4,11,17-18H2,1H3,(H,36,39)/t23-/m1/s1. The summed E-state index contributed by atoms with van der Waals surface area (Å²) in [6.07, 6.45) is 3.41. The quantitative estimate of drug-likeness (QED) is 0.378. The van der Waals surface area contributed by atoms with E-state index < -0.39 is 17.6 Å². The average molecular weight is 534 g/mol. The molecule has 1 aliphatic rings. The van der Waals surface area contributed by atoms with Crippen molar-refractivity contribution in [2.45, 2.75) is 31.6 Å². The second kappa shape index (κ2) is 11.2. The van der Waals surface area contributed by atoms with E-state index in [2.05, 4.69) is 37.5 Å². The molecule has 39 heavy (non-hydrogen) atoms. The summed E-state index contributed by atoms with van der Waals surface area (Å²) in [6.45, 7) is 1.62. The molecule has 200 valence electrons. The van der Waals surface area contributed by atoms with Crippen molar-refractivity contribution in [1.82, 2.24) is 29.8 Å². The van der Waals surface area contributed by atoms with E-state index in [9.17, 15) is 18.0 Å². The number of likely N-dealkylation sites (N-methyl/N-ethyl adjacent to an activating group) is 1. The monoisotopic (exact) mass is 533 g/mol. The number of amides is 1. The maximum atomic E-state index is 14.0. The zero-order chi connectivity index (χ0) is 27.4. The molecule has 5 rings (SSSR count). The minimum atomic E-state index is -4.56. The Hall–Kier alpha value is -4.27. The van der Waals surface area contributed by atoms with E-state index in [4.69, 9.17) is 0 Å². The largest absolute Gasteiger partial charge is 0.416 e. The van der Waals surface area contributed by atoms with Gasteiger partial charge in [0.05, 0.1) is 17.3 Å². The lowest BCUT2D eigenvalue weighted by Gasteiger charge is -2.33. The van der Waals surface area contributed by atoms with Crippen LogP contribution in [0.4, 0.5) is 18.9 Å². The molecule has 0 unspecified atom stereocenters. The first-order valence-electron chi connectivity index (χ1n) is 12.5. The number of carbonyl (C=O) groups excluding carboxylic acids is 1. The molecule has 0 saturated carbocycles. The van der Waals surface area contributed by atoms with Gasteiger partial charge in [-0.2, -0.15) is 18.3 Å². The number of halogens is 3. The molecule has 1 saturated heterocycles. The molecule has 11 heteroatoms. The number of likely N-dealkylation sites (tertiary alicyclic amines) is 1. The summed E-state index contributed by atoms with van der Waals surface area (Å²) in [5.41, 5.74) is 1.31. The van der Waals surface area contributed by atoms with Crippen LogP contribution in [-0.4, -0.2) is 56.6 Å². The molecule has 1 atom stereocenters. The van der Waals surface area contributed by atoms with Crippen LogP contribution in [0.1, 0.15) is 45.6 Å². The Kier molecular flexibility index (Phi) is 7.58. The van der Waals surface area contributed by atoms with Gasteiger partial charge in [0, 0.05) is 49.0 Å². The smallest absolute Gasteiger partial charge is 0.322 e. The van der Waals surface area contributed by atoms with Gasteiger partial charge in [0.15, 0.2) is 5.65 Å². The summed E-state index contributed by atoms with van der Waals surface area (Å²) in [5.74, 6) is 5.30. The van der Waals surface area contributed by atoms with Crippen LogP contribution in [0.25, 0.3) is 5.65 Å². The number of piperidine rings is 1. The SMILES string of the molecule is CN[C@@H]1CCCN(Cc2ccc(NC(=O)c3cncc(C#Cc4cnc5cccnn45)c3)cc2C(F)(F)F)C1. The molecular formula is C28H26F3N7O. The molecule has 0 spiro atoms. The van der Waals surface area contributed by atoms with Gasteiger partial charge in [0.25, 0.3) is 5.91 Å². The minimum Gasteiger partial charge on any atom is -0.322 e. The third-order valence-electron chi connectivity index (χ3n) is 6.59. The van der Waals surface area contributed by atoms with Crippen LogP contribution in [0.3, 0.4) is 0 Å². The summed E-state index contributed by atoms with van der Waals surface area (Å²) in [7, 11) is 1.86. The Balaban J connectivity index is 1.32. The van der Waals surface area contributed by atoms with Crippen molar-refractivity contribution in [2.24, 2.45) is 0 Å². The van der Waals surface area contributed by atoms with Gasteiger partial charge in [-0.1, -0.05) is 12.0 Å². The summed E-state index contributed by atoms with van der Waals surface area (Å²) in [6, 6.07) is 9.28. The molecule has 0 bridgehead atoms. The first-order chi connectivity index (χ1) is 18.8. The van der Waals surface area contributed by atoms with Crippen LogP contribution < -0.4 is 10.6 Å². The highest BCUT2D eigenvalue weighted by Gasteiger charge is 2.34. The third-order valence-corrected chi connectivity index (χ3v) is 6.59. The summed E-state index contributed by atoms with van der Waals surface area (Å²) >= 11 is 0. The number of hydrogen-bond acceptors (Lipinski definition) is 6. The van der Waals surface area contributed by atoms with Crippen LogP contribution in [0.2, 0.25) is 0 Å². The van der Waals surface area contributed by atoms with Crippen molar-refractivity contribution in [1.29, 1.82) is 0 Å². The number of imidazole rings is 1. The molecule has 4 aromatic rings. The zero-order valence-corrected chi connectivity index (χ0v) is 21.2. The number of alkyl halides is 3. The normalized spacial score (nSPS) is 16.1. The fraction of sp³-hybridized carbons (Fsp3) is 0.286. The van der Waals surface area contributed by atoms with E-state index in [-0.39, 0.29) is 29.4 Å². The molecular weight excluding hydrogens is 507 g/mol. The third kappa shape index (κ3) is 6.25. The van der Waals surface area contributed by atoms with Crippen molar-refractivity contribution in [3.8, 4) is 11.8 Å². The van der Waals surface area contributed by atoms with Crippen molar-refractivity contribution in [3.05, 3.63) is 89.1 Å². The number of fused-ring (bicyclic) bond motifs is 1. The molecule has 2 N–H and O–H groups in total. The first kappa shape index (κ1) is 26.3. The average Bonchev–Trinajstić information content (AvgIpc) is 3.35. The maximum absolute atomic E-state index is 14.0. The lowest BCUT2D eigenvalue weighted by Crippen LogP contribution is -2.44. The van der Waals surface area contributed by atoms with Gasteiger partial charge in [-0.25, -0.2) is 9.50 Å². The van der Waals surface area contributed by atoms with Crippen LogP contribution in [-0.2, 0) is 12.7 Å². The van der Waals surface area contributed by atoms with Gasteiger partial charge in [0.1, 0.15) is 5.69 Å². The second-order valence-corrected chi connectivity index (χ2v) is 9.34. The van der Waals surface area contributed by atoms with Crippen LogP contribution in [0.15, 0.2) is 61.2 Å². The number of nitrogens with zero attached hydrogens (tertiary/aromatic N) is 5. The number of anilines is 1. The number of aromatic nitrogens is 4. The van der Waals surface area contributed by atoms with Crippen LogP contribution >= 0.6 is 0 Å². The lowest BCUT2D eigenvalue weighted by molar-refractivity contribution is -0.138. The Morgan fingerprint density at radius 1 is 1.15 bits per heavy atom. The van der Waals surface area contributed by atoms with Gasteiger partial charge < -0.3 is 10.6 Å². The second-order valence-electron chi connectivity index (χ2n) is 9.34. The molecule has 0 radical (unpaired) electrons. The molecule has 0 aliphatic carbocycles. The topological polar surface area (TPSA) is 87.5 Å². The lowest BCUT2D eigenvalue weighted by atomic mass is 10.0. The van der Waals surface area contributed by atoms with Gasteiger partial charge in [-0.3, -0.25) is 14.7 Å². The summed E-state index contributed by atoms with van der Waals surface area (Å²) in [4.78, 5) is 23.2. The van der Waals surface area contributed by atoms with Crippen molar-refractivity contribution in [2.75, 3.05) is 25.5 Å². The van der Waals surface area contributed by atoms with E-state index in [1.54, 1.807) is 29.0 Å². The highest BCUT2D eigenvalue weighted by atomic mass is 19.4. The molecule has 3 aromatic heterocycles. The summed E-state index contributed by atoms with van der Waals surface area (Å²) in [5, 5.41) is 9.97. The number of hydrogen-bond donors (Lipinski definition) is 2. The van der Waals surface area contributed by atoms with Crippen molar-refractivity contribution in [3.63, 3.8) is 0 Å². The molecule has 8 nitrogen and oxygen atoms in total. The van der Waals surface area contributed by atoms with Gasteiger partial charge in [0.2, 0.25) is 0 Å². The van der Waals surface area contributed by atoms with E-state index in [1.165, 1.54) is 30.6 Å². The molecule has 1 amide bonds. The number of rotatable bonds is 5. The van der Waals surface area contributed by atoms with Crippen LogP contribution in [0.5, 0.6) is 0 Å². The molecule has 1 aromatic carbocycles. The maximum Gasteiger partial charge on any atom is 0.416 e. The minimum absolute atomic E-state index is 0.0520. The number of carbonyl (C=O) groups is 1. The summed E-state index contributed by atoms with van der Waals surface area (Å²) < 4.78 is 43.5. The van der Waals surface area contributed by atoms with E-state index >= 15 is 0 Å². The van der Waals surface area contributed by atoms with Crippen molar-refractivity contribution >= 4 is 17.2 Å². The number of pyridine rings is 1. The Labute approximate surface area is 223 Å². The predicted octanol–water partition coefficient (Wildman–Crippen LogP) is 3.98. The first-order valence-corrected chi connectivity index (χ1v) is 12.5. The van der Waals surface area contributed by atoms with E-state index in [1.807, 2.05) is 11.9 Å². The highest BCUT2D eigenvalue weighted by Crippen LogP contribution is 2.35. The van der Waals surface area contributed by atoms with E-state index in [0.29, 0.717) is 23.4 Å². The van der Waals surface area contributed by atoms with E-state index in [0.717, 1.165) is 25.5 Å². The Morgan fingerprint density at radius 2 is 2.03 bits per heavy atom. The van der Waals surface area contributed by atoms with Gasteiger partial charge in [-0.15, -0.1) is 0 Å².